The van der Waals surface area contributed by atoms with E-state index in [0.29, 0.717) is 12.3 Å². The number of likely N-dealkylation sites (N-methyl/N-ethyl adjacent to an activating group) is 1. The van der Waals surface area contributed by atoms with E-state index in [2.05, 4.69) is 0 Å². The molecule has 1 atom stereocenters. The van der Waals surface area contributed by atoms with Gasteiger partial charge in [-0.15, -0.1) is 12.4 Å². The Morgan fingerprint density at radius 2 is 1.92 bits per heavy atom. The molecule has 0 saturated carbocycles. The summed E-state index contributed by atoms with van der Waals surface area (Å²) < 4.78 is 32.4. The van der Waals surface area contributed by atoms with Crippen molar-refractivity contribution in [2.24, 2.45) is 0 Å². The second-order valence-corrected chi connectivity index (χ2v) is 6.08. The summed E-state index contributed by atoms with van der Waals surface area (Å²) in [6.07, 6.45) is 0.900. The van der Waals surface area contributed by atoms with E-state index in [4.69, 9.17) is 13.6 Å². The van der Waals surface area contributed by atoms with Crippen LogP contribution in [0.1, 0.15) is 15.2 Å². The fourth-order valence-corrected chi connectivity index (χ4v) is 2.55. The number of ether oxygens (including phenoxy) is 2. The van der Waals surface area contributed by atoms with Gasteiger partial charge in [0.05, 0.1) is 11.2 Å². The van der Waals surface area contributed by atoms with Gasteiger partial charge in [0.1, 0.15) is 24.2 Å². The molecule has 25 heavy (non-hydrogen) atoms. The molecule has 0 aromatic heterocycles. The van der Waals surface area contributed by atoms with Crippen LogP contribution in [0.25, 0.3) is 0 Å². The molecule has 5 heteroatoms. The Kier molecular flexibility index (Phi) is 7.34. The molecule has 0 bridgehead atoms. The highest BCUT2D eigenvalue weighted by molar-refractivity contribution is 5.85. The lowest BCUT2D eigenvalue weighted by molar-refractivity contribution is 0.0827. The highest BCUT2D eigenvalue weighted by Crippen LogP contribution is 2.21. The minimum absolute atomic E-state index is 0. The van der Waals surface area contributed by atoms with Gasteiger partial charge >= 0.3 is 0 Å². The zero-order valence-corrected chi connectivity index (χ0v) is 15.5. The van der Waals surface area contributed by atoms with Gasteiger partial charge < -0.3 is 19.5 Å². The molecule has 0 spiro atoms. The molecule has 0 aliphatic heterocycles. The van der Waals surface area contributed by atoms with Crippen molar-refractivity contribution in [3.8, 4) is 11.5 Å². The SMILES string of the molecule is Cl.[2H]C([2H])([2H])Oc1cccc(CCc2ccccc2OCC(O)CN(C)C)c1. The van der Waals surface area contributed by atoms with Gasteiger partial charge in [0, 0.05) is 6.54 Å². The average molecular weight is 369 g/mol. The first-order chi connectivity index (χ1) is 12.7. The summed E-state index contributed by atoms with van der Waals surface area (Å²) in [7, 11) is 1.36. The van der Waals surface area contributed by atoms with Crippen LogP contribution in [0, 0.1) is 0 Å². The number of methoxy groups -OCH3 is 1. The number of aryl methyl sites for hydroxylation is 2. The van der Waals surface area contributed by atoms with E-state index in [1.54, 1.807) is 18.2 Å². The summed E-state index contributed by atoms with van der Waals surface area (Å²) in [6.45, 7) is 0.773. The minimum atomic E-state index is -2.45. The monoisotopic (exact) mass is 368 g/mol. The predicted molar refractivity (Wildman–Crippen MR) is 104 cm³/mol. The lowest BCUT2D eigenvalue weighted by Gasteiger charge is -2.18. The third-order valence-electron chi connectivity index (χ3n) is 3.68. The molecule has 138 valence electrons. The van der Waals surface area contributed by atoms with E-state index in [-0.39, 0.29) is 19.0 Å². The lowest BCUT2D eigenvalue weighted by atomic mass is 10.0. The Labute approximate surface area is 161 Å². The van der Waals surface area contributed by atoms with Crippen molar-refractivity contribution in [2.75, 3.05) is 34.3 Å². The summed E-state index contributed by atoms with van der Waals surface area (Å²) in [4.78, 5) is 1.91. The highest BCUT2D eigenvalue weighted by Gasteiger charge is 2.09. The van der Waals surface area contributed by atoms with E-state index < -0.39 is 13.1 Å². The van der Waals surface area contributed by atoms with Gasteiger partial charge in [-0.3, -0.25) is 0 Å². The van der Waals surface area contributed by atoms with Crippen molar-refractivity contribution in [3.05, 3.63) is 59.7 Å². The van der Waals surface area contributed by atoms with Gasteiger partial charge in [-0.1, -0.05) is 30.3 Å². The van der Waals surface area contributed by atoms with Crippen molar-refractivity contribution in [3.63, 3.8) is 0 Å². The summed E-state index contributed by atoms with van der Waals surface area (Å²) >= 11 is 0. The normalized spacial score (nSPS) is 14.0. The number of aliphatic hydroxyl groups is 1. The fraction of sp³-hybridized carbons (Fsp3) is 0.400. The van der Waals surface area contributed by atoms with E-state index >= 15 is 0 Å². The first-order valence-electron chi connectivity index (χ1n) is 9.54. The number of para-hydroxylation sites is 1. The maximum atomic E-state index is 9.98. The molecule has 0 aliphatic rings. The van der Waals surface area contributed by atoms with Crippen molar-refractivity contribution >= 4 is 12.4 Å². The molecule has 0 fully saturated rings. The van der Waals surface area contributed by atoms with E-state index in [9.17, 15) is 5.11 Å². The maximum absolute atomic E-state index is 9.98. The Morgan fingerprint density at radius 3 is 2.68 bits per heavy atom. The van der Waals surface area contributed by atoms with Crippen LogP contribution in [0.15, 0.2) is 48.5 Å². The molecular formula is C20H28ClNO3. The van der Waals surface area contributed by atoms with Crippen LogP contribution in [-0.2, 0) is 12.8 Å². The molecule has 0 amide bonds. The van der Waals surface area contributed by atoms with Gasteiger partial charge in [0.2, 0.25) is 0 Å². The average Bonchev–Trinajstić information content (AvgIpc) is 2.57. The molecule has 1 unspecified atom stereocenters. The van der Waals surface area contributed by atoms with Gasteiger partial charge in [-0.05, 0) is 56.3 Å². The van der Waals surface area contributed by atoms with Crippen molar-refractivity contribution in [2.45, 2.75) is 18.9 Å². The number of nitrogens with zero attached hydrogens (tertiary/aromatic N) is 1. The van der Waals surface area contributed by atoms with Crippen LogP contribution >= 0.6 is 12.4 Å². The first kappa shape index (κ1) is 16.7. The number of hydrogen-bond acceptors (Lipinski definition) is 4. The predicted octanol–water partition coefficient (Wildman–Crippen LogP) is 3.20. The zero-order chi connectivity index (χ0) is 19.9. The van der Waals surface area contributed by atoms with Crippen LogP contribution in [0.5, 0.6) is 11.5 Å². The van der Waals surface area contributed by atoms with Crippen LogP contribution < -0.4 is 9.47 Å². The van der Waals surface area contributed by atoms with Gasteiger partial charge in [0.15, 0.2) is 0 Å². The standard InChI is InChI=1S/C20H27NO3.ClH/c1-21(2)14-18(22)15-24-20-10-5-4-8-17(20)12-11-16-7-6-9-19(13-16)23-3;/h4-10,13,18,22H,11-12,14-15H2,1-3H3;1H/i3D3;. The topological polar surface area (TPSA) is 41.9 Å². The van der Waals surface area contributed by atoms with Gasteiger partial charge in [-0.2, -0.15) is 0 Å². The first-order valence-corrected chi connectivity index (χ1v) is 8.04. The number of rotatable bonds is 9. The summed E-state index contributed by atoms with van der Waals surface area (Å²) in [5.74, 6) is 1.09. The third-order valence-corrected chi connectivity index (χ3v) is 3.68. The second-order valence-electron chi connectivity index (χ2n) is 6.08. The zero-order valence-electron chi connectivity index (χ0n) is 17.6. The molecule has 2 aromatic carbocycles. The van der Waals surface area contributed by atoms with Crippen molar-refractivity contribution < 1.29 is 18.7 Å². The van der Waals surface area contributed by atoms with Crippen LogP contribution in [-0.4, -0.2) is 50.4 Å². The molecule has 1 N–H and O–H groups in total. The number of aliphatic hydroxyl groups excluding tert-OH is 1. The third kappa shape index (κ3) is 7.34. The van der Waals surface area contributed by atoms with E-state index in [1.165, 1.54) is 0 Å². The number of halogens is 1. The Hall–Kier alpha value is -1.75. The molecule has 0 radical (unpaired) electrons. The fourth-order valence-electron chi connectivity index (χ4n) is 2.55. The van der Waals surface area contributed by atoms with E-state index in [0.717, 1.165) is 29.7 Å². The Balaban J connectivity index is 0.00000392. The summed E-state index contributed by atoms with van der Waals surface area (Å²) in [6, 6.07) is 14.9. The molecule has 2 rings (SSSR count). The molecule has 4 nitrogen and oxygen atoms in total. The Morgan fingerprint density at radius 1 is 1.12 bits per heavy atom. The van der Waals surface area contributed by atoms with Crippen LogP contribution in [0.3, 0.4) is 0 Å². The number of hydrogen-bond donors (Lipinski definition) is 1. The van der Waals surface area contributed by atoms with Crippen LogP contribution in [0.4, 0.5) is 0 Å². The van der Waals surface area contributed by atoms with Gasteiger partial charge in [0.25, 0.3) is 0 Å². The summed E-state index contributed by atoms with van der Waals surface area (Å²) in [5.41, 5.74) is 2.02. The van der Waals surface area contributed by atoms with E-state index in [1.807, 2.05) is 49.3 Å². The maximum Gasteiger partial charge on any atom is 0.122 e. The lowest BCUT2D eigenvalue weighted by Crippen LogP contribution is -2.30. The number of benzene rings is 2. The molecule has 0 saturated heterocycles. The minimum Gasteiger partial charge on any atom is -0.497 e. The quantitative estimate of drug-likeness (QED) is 0.738. The van der Waals surface area contributed by atoms with Crippen molar-refractivity contribution in [1.82, 2.24) is 4.90 Å². The van der Waals surface area contributed by atoms with Crippen molar-refractivity contribution in [1.29, 1.82) is 0 Å². The van der Waals surface area contributed by atoms with Gasteiger partial charge in [-0.25, -0.2) is 0 Å². The molecule has 0 aliphatic carbocycles. The Bertz CT molecular complexity index is 726. The van der Waals surface area contributed by atoms with Crippen LogP contribution in [0.2, 0.25) is 0 Å². The summed E-state index contributed by atoms with van der Waals surface area (Å²) in [5, 5.41) is 9.98. The largest absolute Gasteiger partial charge is 0.497 e. The molecule has 2 aromatic rings. The second kappa shape index (κ2) is 11.0. The smallest absolute Gasteiger partial charge is 0.122 e. The highest BCUT2D eigenvalue weighted by atomic mass is 35.5. The molecule has 0 heterocycles. The molecular weight excluding hydrogens is 338 g/mol.